The number of nitrogens with two attached hydrogens (primary N) is 1. The van der Waals surface area contributed by atoms with Crippen LogP contribution in [0.4, 0.5) is 0 Å². The number of Topliss-reactive ketones (excluding diaryl/α,β-unsaturated/α-hetero) is 1. The number of likely N-dealkylation sites (tertiary alicyclic amines) is 1. The maximum absolute atomic E-state index is 12.4. The summed E-state index contributed by atoms with van der Waals surface area (Å²) in [5.41, 5.74) is 5.82. The van der Waals surface area contributed by atoms with Crippen LogP contribution in [0, 0.1) is 0 Å². The number of amides is 2. The molecule has 136 valence electrons. The van der Waals surface area contributed by atoms with Crippen LogP contribution < -0.4 is 5.73 Å². The van der Waals surface area contributed by atoms with E-state index in [2.05, 4.69) is 0 Å². The van der Waals surface area contributed by atoms with Crippen molar-refractivity contribution in [3.63, 3.8) is 0 Å². The highest BCUT2D eigenvalue weighted by atomic mass is 16.4. The van der Waals surface area contributed by atoms with Crippen LogP contribution in [0.25, 0.3) is 0 Å². The second-order valence-corrected chi connectivity index (χ2v) is 6.28. The summed E-state index contributed by atoms with van der Waals surface area (Å²) in [6, 6.07) is -0.978. The average Bonchev–Trinajstić information content (AvgIpc) is 2.95. The summed E-state index contributed by atoms with van der Waals surface area (Å²) >= 11 is 0. The van der Waals surface area contributed by atoms with Crippen LogP contribution in [0.2, 0.25) is 0 Å². The van der Waals surface area contributed by atoms with Gasteiger partial charge >= 0.3 is 5.97 Å². The van der Waals surface area contributed by atoms with Crippen molar-refractivity contribution < 1.29 is 24.3 Å². The van der Waals surface area contributed by atoms with Gasteiger partial charge < -0.3 is 20.6 Å². The topological polar surface area (TPSA) is 121 Å². The van der Waals surface area contributed by atoms with Gasteiger partial charge in [-0.2, -0.15) is 0 Å². The molecule has 8 nitrogen and oxygen atoms in total. The van der Waals surface area contributed by atoms with Gasteiger partial charge in [0.2, 0.25) is 11.8 Å². The van der Waals surface area contributed by atoms with Gasteiger partial charge in [0.15, 0.2) is 0 Å². The molecule has 0 aromatic heterocycles. The Morgan fingerprint density at radius 3 is 2.46 bits per heavy atom. The quantitative estimate of drug-likeness (QED) is 0.609. The highest BCUT2D eigenvalue weighted by Gasteiger charge is 2.33. The minimum absolute atomic E-state index is 0.0105. The largest absolute Gasteiger partial charge is 0.481 e. The van der Waals surface area contributed by atoms with Gasteiger partial charge in [0.05, 0.1) is 6.04 Å². The lowest BCUT2D eigenvalue weighted by Gasteiger charge is -2.31. The number of carbonyl (C=O) groups excluding carboxylic acids is 3. The summed E-state index contributed by atoms with van der Waals surface area (Å²) in [6.07, 6.45) is 1.82. The van der Waals surface area contributed by atoms with Crippen molar-refractivity contribution in [3.8, 4) is 0 Å². The van der Waals surface area contributed by atoms with Gasteiger partial charge in [0, 0.05) is 45.4 Å². The lowest BCUT2D eigenvalue weighted by Crippen LogP contribution is -2.50. The van der Waals surface area contributed by atoms with Gasteiger partial charge in [-0.25, -0.2) is 0 Å². The highest BCUT2D eigenvalue weighted by Crippen LogP contribution is 2.20. The van der Waals surface area contributed by atoms with Crippen molar-refractivity contribution in [2.24, 2.45) is 5.73 Å². The van der Waals surface area contributed by atoms with Crippen molar-refractivity contribution in [3.05, 3.63) is 0 Å². The number of aliphatic carboxylic acids is 1. The molecule has 1 aliphatic heterocycles. The molecular weight excluding hydrogens is 314 g/mol. The zero-order valence-electron chi connectivity index (χ0n) is 14.4. The zero-order valence-corrected chi connectivity index (χ0v) is 14.4. The summed E-state index contributed by atoms with van der Waals surface area (Å²) in [4.78, 5) is 49.2. The molecule has 0 unspecified atom stereocenters. The Hall–Kier alpha value is -1.96. The van der Waals surface area contributed by atoms with Gasteiger partial charge in [-0.15, -0.1) is 0 Å². The molecular formula is C16H27N3O5. The molecule has 1 saturated heterocycles. The Balaban J connectivity index is 2.65. The van der Waals surface area contributed by atoms with E-state index in [0.717, 1.165) is 12.8 Å². The number of hydrogen-bond acceptors (Lipinski definition) is 5. The number of nitrogens with zero attached hydrogens (tertiary/aromatic N) is 2. The van der Waals surface area contributed by atoms with Gasteiger partial charge in [-0.1, -0.05) is 0 Å². The zero-order chi connectivity index (χ0) is 18.3. The third-order valence-corrected chi connectivity index (χ3v) is 4.26. The number of carbonyl (C=O) groups is 4. The van der Waals surface area contributed by atoms with Crippen LogP contribution in [0.3, 0.4) is 0 Å². The molecule has 2 amide bonds. The van der Waals surface area contributed by atoms with Crippen LogP contribution >= 0.6 is 0 Å². The molecule has 0 aliphatic carbocycles. The first-order valence-corrected chi connectivity index (χ1v) is 8.25. The van der Waals surface area contributed by atoms with E-state index in [4.69, 9.17) is 10.8 Å². The molecule has 1 heterocycles. The lowest BCUT2D eigenvalue weighted by atomic mass is 10.1. The Morgan fingerprint density at radius 1 is 1.25 bits per heavy atom. The first kappa shape index (κ1) is 20.1. The Kier molecular flexibility index (Phi) is 7.84. The Morgan fingerprint density at radius 2 is 1.92 bits per heavy atom. The second kappa shape index (κ2) is 9.36. The number of ketones is 1. The average molecular weight is 341 g/mol. The number of carboxylic acids is 1. The van der Waals surface area contributed by atoms with Crippen LogP contribution in [0.15, 0.2) is 0 Å². The molecule has 0 spiro atoms. The third kappa shape index (κ3) is 6.27. The minimum atomic E-state index is -0.983. The van der Waals surface area contributed by atoms with Gasteiger partial charge in [0.1, 0.15) is 5.78 Å². The van der Waals surface area contributed by atoms with Crippen molar-refractivity contribution in [1.82, 2.24) is 9.80 Å². The Bertz CT molecular complexity index is 494. The SMILES string of the molecule is CC(=O)CCN(C[C@@H]1CCCN1C(=O)[C@@H](N)CCC(=O)O)C(C)=O. The van der Waals surface area contributed by atoms with Crippen LogP contribution in [-0.4, -0.2) is 70.2 Å². The molecule has 0 aromatic rings. The summed E-state index contributed by atoms with van der Waals surface area (Å²) in [7, 11) is 0. The molecule has 0 radical (unpaired) electrons. The van der Waals surface area contributed by atoms with Crippen LogP contribution in [0.1, 0.15) is 46.0 Å². The van der Waals surface area contributed by atoms with Gasteiger partial charge in [-0.3, -0.25) is 19.2 Å². The standard InChI is InChI=1S/C16H27N3O5/c1-11(20)7-9-18(12(2)21)10-13-4-3-8-19(13)16(24)14(17)5-6-15(22)23/h13-14H,3-10,17H2,1-2H3,(H,22,23)/t13-,14-/m0/s1. The fraction of sp³-hybridized carbons (Fsp3) is 0.750. The van der Waals surface area contributed by atoms with E-state index >= 15 is 0 Å². The van der Waals surface area contributed by atoms with E-state index in [0.29, 0.717) is 26.1 Å². The molecule has 1 fully saturated rings. The first-order chi connectivity index (χ1) is 11.2. The molecule has 0 aromatic carbocycles. The van der Waals surface area contributed by atoms with Gasteiger partial charge in [-0.05, 0) is 26.2 Å². The maximum atomic E-state index is 12.4. The summed E-state index contributed by atoms with van der Waals surface area (Å²) < 4.78 is 0. The summed E-state index contributed by atoms with van der Waals surface area (Å²) in [6.45, 7) is 4.20. The predicted molar refractivity (Wildman–Crippen MR) is 87.1 cm³/mol. The first-order valence-electron chi connectivity index (χ1n) is 8.25. The van der Waals surface area contributed by atoms with E-state index in [9.17, 15) is 19.2 Å². The van der Waals surface area contributed by atoms with Crippen molar-refractivity contribution in [2.75, 3.05) is 19.6 Å². The smallest absolute Gasteiger partial charge is 0.303 e. The molecule has 1 aliphatic rings. The number of hydrogen-bond donors (Lipinski definition) is 2. The lowest BCUT2D eigenvalue weighted by molar-refractivity contribution is -0.139. The van der Waals surface area contributed by atoms with E-state index in [1.54, 1.807) is 9.80 Å². The summed E-state index contributed by atoms with van der Waals surface area (Å²) in [5, 5.41) is 8.69. The van der Waals surface area contributed by atoms with Crippen molar-refractivity contribution in [1.29, 1.82) is 0 Å². The van der Waals surface area contributed by atoms with Crippen LogP contribution in [0.5, 0.6) is 0 Å². The normalized spacial score (nSPS) is 18.3. The third-order valence-electron chi connectivity index (χ3n) is 4.26. The number of carboxylic acid groups (broad SMARTS) is 1. The predicted octanol–water partition coefficient (Wildman–Crippen LogP) is -0.00290. The fourth-order valence-electron chi connectivity index (χ4n) is 2.86. The van der Waals surface area contributed by atoms with E-state index in [1.807, 2.05) is 0 Å². The van der Waals surface area contributed by atoms with Crippen LogP contribution in [-0.2, 0) is 19.2 Å². The molecule has 3 N–H and O–H groups in total. The van der Waals surface area contributed by atoms with Crippen molar-refractivity contribution in [2.45, 2.75) is 58.0 Å². The molecule has 0 saturated carbocycles. The second-order valence-electron chi connectivity index (χ2n) is 6.28. The van der Waals surface area contributed by atoms with E-state index in [1.165, 1.54) is 13.8 Å². The minimum Gasteiger partial charge on any atom is -0.481 e. The number of rotatable bonds is 9. The summed E-state index contributed by atoms with van der Waals surface area (Å²) in [5.74, 6) is -1.38. The molecule has 24 heavy (non-hydrogen) atoms. The molecule has 0 bridgehead atoms. The monoisotopic (exact) mass is 341 g/mol. The van der Waals surface area contributed by atoms with E-state index in [-0.39, 0.29) is 36.5 Å². The molecule has 2 atom stereocenters. The molecule has 8 heteroatoms. The fourth-order valence-corrected chi connectivity index (χ4v) is 2.86. The maximum Gasteiger partial charge on any atom is 0.303 e. The Labute approximate surface area is 142 Å². The van der Waals surface area contributed by atoms with Crippen molar-refractivity contribution >= 4 is 23.6 Å². The molecule has 1 rings (SSSR count). The van der Waals surface area contributed by atoms with Gasteiger partial charge in [0.25, 0.3) is 0 Å². The van der Waals surface area contributed by atoms with E-state index < -0.39 is 12.0 Å². The highest BCUT2D eigenvalue weighted by molar-refractivity contribution is 5.83.